The standard InChI is InChI=1S/C13H17NO3/c1-3-9(2)8-14-12(15)10-6-4-5-7-11(10)13(16)17/h4-7,9H,3,8H2,1-2H3,(H,14,15)(H,16,17). The predicted molar refractivity (Wildman–Crippen MR) is 65.2 cm³/mol. The maximum absolute atomic E-state index is 11.8. The van der Waals surface area contributed by atoms with Crippen LogP contribution in [0.5, 0.6) is 0 Å². The molecule has 4 heteroatoms. The van der Waals surface area contributed by atoms with Gasteiger partial charge in [0.25, 0.3) is 5.91 Å². The van der Waals surface area contributed by atoms with Crippen molar-refractivity contribution < 1.29 is 14.7 Å². The highest BCUT2D eigenvalue weighted by atomic mass is 16.4. The number of aromatic carboxylic acids is 1. The Morgan fingerprint density at radius 3 is 2.41 bits per heavy atom. The zero-order chi connectivity index (χ0) is 12.8. The Labute approximate surface area is 101 Å². The fraction of sp³-hybridized carbons (Fsp3) is 0.385. The van der Waals surface area contributed by atoms with Crippen molar-refractivity contribution >= 4 is 11.9 Å². The second kappa shape index (κ2) is 6.03. The molecule has 92 valence electrons. The highest BCUT2D eigenvalue weighted by Crippen LogP contribution is 2.09. The van der Waals surface area contributed by atoms with E-state index in [9.17, 15) is 9.59 Å². The molecule has 0 aliphatic heterocycles. The molecule has 2 N–H and O–H groups in total. The third kappa shape index (κ3) is 3.59. The predicted octanol–water partition coefficient (Wildman–Crippen LogP) is 2.16. The Kier molecular flexibility index (Phi) is 4.69. The third-order valence-corrected chi connectivity index (χ3v) is 2.71. The number of carbonyl (C=O) groups excluding carboxylic acids is 1. The van der Waals surface area contributed by atoms with E-state index in [-0.39, 0.29) is 17.0 Å². The van der Waals surface area contributed by atoms with Crippen LogP contribution in [0.3, 0.4) is 0 Å². The van der Waals surface area contributed by atoms with Crippen LogP contribution < -0.4 is 5.32 Å². The molecule has 1 aromatic rings. The van der Waals surface area contributed by atoms with E-state index in [1.165, 1.54) is 12.1 Å². The van der Waals surface area contributed by atoms with Crippen molar-refractivity contribution in [3.8, 4) is 0 Å². The van der Waals surface area contributed by atoms with Gasteiger partial charge in [-0.3, -0.25) is 4.79 Å². The molecule has 0 radical (unpaired) electrons. The number of carboxylic acid groups (broad SMARTS) is 1. The molecule has 4 nitrogen and oxygen atoms in total. The first-order valence-corrected chi connectivity index (χ1v) is 5.66. The fourth-order valence-corrected chi connectivity index (χ4v) is 1.37. The third-order valence-electron chi connectivity index (χ3n) is 2.71. The van der Waals surface area contributed by atoms with Crippen LogP contribution in [0.15, 0.2) is 24.3 Å². The number of nitrogens with one attached hydrogen (secondary N) is 1. The monoisotopic (exact) mass is 235 g/mol. The van der Waals surface area contributed by atoms with Crippen molar-refractivity contribution in [2.24, 2.45) is 5.92 Å². The van der Waals surface area contributed by atoms with Crippen molar-refractivity contribution in [2.45, 2.75) is 20.3 Å². The summed E-state index contributed by atoms with van der Waals surface area (Å²) in [4.78, 5) is 22.8. The number of amides is 1. The van der Waals surface area contributed by atoms with Gasteiger partial charge in [-0.05, 0) is 18.1 Å². The second-order valence-corrected chi connectivity index (χ2v) is 4.07. The molecule has 1 amide bonds. The van der Waals surface area contributed by atoms with E-state index < -0.39 is 5.97 Å². The quantitative estimate of drug-likeness (QED) is 0.821. The Morgan fingerprint density at radius 1 is 1.29 bits per heavy atom. The molecule has 0 saturated heterocycles. The van der Waals surface area contributed by atoms with Crippen molar-refractivity contribution in [1.29, 1.82) is 0 Å². The summed E-state index contributed by atoms with van der Waals surface area (Å²) in [6, 6.07) is 6.22. The molecule has 0 aliphatic carbocycles. The lowest BCUT2D eigenvalue weighted by Gasteiger charge is -2.11. The summed E-state index contributed by atoms with van der Waals surface area (Å²) in [6.07, 6.45) is 0.973. The number of carboxylic acids is 1. The molecule has 1 atom stereocenters. The summed E-state index contributed by atoms with van der Waals surface area (Å²) in [7, 11) is 0. The molecule has 1 rings (SSSR count). The van der Waals surface area contributed by atoms with E-state index in [4.69, 9.17) is 5.11 Å². The number of carbonyl (C=O) groups is 2. The average Bonchev–Trinajstić information content (AvgIpc) is 2.35. The van der Waals surface area contributed by atoms with Crippen LogP contribution in [-0.2, 0) is 0 Å². The van der Waals surface area contributed by atoms with E-state index in [1.807, 2.05) is 13.8 Å². The Morgan fingerprint density at radius 2 is 1.88 bits per heavy atom. The van der Waals surface area contributed by atoms with Gasteiger partial charge in [-0.25, -0.2) is 4.79 Å². The van der Waals surface area contributed by atoms with E-state index >= 15 is 0 Å². The summed E-state index contributed by atoms with van der Waals surface area (Å²) < 4.78 is 0. The van der Waals surface area contributed by atoms with Gasteiger partial charge < -0.3 is 10.4 Å². The van der Waals surface area contributed by atoms with Crippen LogP contribution in [0.1, 0.15) is 41.0 Å². The van der Waals surface area contributed by atoms with E-state index in [2.05, 4.69) is 5.32 Å². The van der Waals surface area contributed by atoms with Gasteiger partial charge >= 0.3 is 5.97 Å². The van der Waals surface area contributed by atoms with Gasteiger partial charge in [0, 0.05) is 6.54 Å². The minimum Gasteiger partial charge on any atom is -0.478 e. The number of hydrogen-bond donors (Lipinski definition) is 2. The molecule has 0 bridgehead atoms. The summed E-state index contributed by atoms with van der Waals surface area (Å²) in [5.74, 6) is -1.03. The summed E-state index contributed by atoms with van der Waals surface area (Å²) in [5.41, 5.74) is 0.248. The molecule has 0 fully saturated rings. The topological polar surface area (TPSA) is 66.4 Å². The Bertz CT molecular complexity index is 415. The first kappa shape index (κ1) is 13.2. The number of hydrogen-bond acceptors (Lipinski definition) is 2. The van der Waals surface area contributed by atoms with Gasteiger partial charge in [-0.1, -0.05) is 32.4 Å². The van der Waals surface area contributed by atoms with E-state index in [0.29, 0.717) is 12.5 Å². The lowest BCUT2D eigenvalue weighted by Crippen LogP contribution is -2.29. The minimum atomic E-state index is -1.08. The average molecular weight is 235 g/mol. The van der Waals surface area contributed by atoms with Crippen molar-refractivity contribution in [3.63, 3.8) is 0 Å². The van der Waals surface area contributed by atoms with Crippen LogP contribution in [-0.4, -0.2) is 23.5 Å². The van der Waals surface area contributed by atoms with Gasteiger partial charge in [0.05, 0.1) is 11.1 Å². The molecule has 0 spiro atoms. The summed E-state index contributed by atoms with van der Waals surface area (Å²) in [5, 5.41) is 11.7. The molecular weight excluding hydrogens is 218 g/mol. The molecule has 0 saturated carbocycles. The summed E-state index contributed by atoms with van der Waals surface area (Å²) >= 11 is 0. The van der Waals surface area contributed by atoms with Crippen LogP contribution in [0, 0.1) is 5.92 Å². The van der Waals surface area contributed by atoms with Crippen LogP contribution in [0.4, 0.5) is 0 Å². The largest absolute Gasteiger partial charge is 0.478 e. The van der Waals surface area contributed by atoms with E-state index in [1.54, 1.807) is 12.1 Å². The van der Waals surface area contributed by atoms with Gasteiger partial charge in [0.2, 0.25) is 0 Å². The summed E-state index contributed by atoms with van der Waals surface area (Å²) in [6.45, 7) is 4.63. The van der Waals surface area contributed by atoms with Crippen molar-refractivity contribution in [1.82, 2.24) is 5.32 Å². The Balaban J connectivity index is 2.78. The van der Waals surface area contributed by atoms with Crippen LogP contribution in [0.25, 0.3) is 0 Å². The van der Waals surface area contributed by atoms with E-state index in [0.717, 1.165) is 6.42 Å². The molecule has 0 aromatic heterocycles. The van der Waals surface area contributed by atoms with Gasteiger partial charge in [-0.2, -0.15) is 0 Å². The first-order chi connectivity index (χ1) is 8.06. The molecule has 0 aliphatic rings. The van der Waals surface area contributed by atoms with Gasteiger partial charge in [-0.15, -0.1) is 0 Å². The number of rotatable bonds is 5. The zero-order valence-corrected chi connectivity index (χ0v) is 10.1. The van der Waals surface area contributed by atoms with Crippen LogP contribution in [0.2, 0.25) is 0 Å². The van der Waals surface area contributed by atoms with Crippen LogP contribution >= 0.6 is 0 Å². The van der Waals surface area contributed by atoms with Gasteiger partial charge in [0.15, 0.2) is 0 Å². The molecular formula is C13H17NO3. The maximum Gasteiger partial charge on any atom is 0.336 e. The molecule has 1 aromatic carbocycles. The molecule has 1 unspecified atom stereocenters. The Hall–Kier alpha value is -1.84. The smallest absolute Gasteiger partial charge is 0.336 e. The lowest BCUT2D eigenvalue weighted by atomic mass is 10.1. The maximum atomic E-state index is 11.8. The minimum absolute atomic E-state index is 0.0363. The fourth-order valence-electron chi connectivity index (χ4n) is 1.37. The lowest BCUT2D eigenvalue weighted by molar-refractivity contribution is 0.0691. The highest BCUT2D eigenvalue weighted by Gasteiger charge is 2.15. The van der Waals surface area contributed by atoms with Crippen molar-refractivity contribution in [2.75, 3.05) is 6.54 Å². The SMILES string of the molecule is CCC(C)CNC(=O)c1ccccc1C(=O)O. The van der Waals surface area contributed by atoms with Gasteiger partial charge in [0.1, 0.15) is 0 Å². The molecule has 0 heterocycles. The zero-order valence-electron chi connectivity index (χ0n) is 10.1. The normalized spacial score (nSPS) is 11.9. The molecule has 17 heavy (non-hydrogen) atoms. The second-order valence-electron chi connectivity index (χ2n) is 4.07. The van der Waals surface area contributed by atoms with Crippen molar-refractivity contribution in [3.05, 3.63) is 35.4 Å². The number of benzene rings is 1. The first-order valence-electron chi connectivity index (χ1n) is 5.66. The highest BCUT2D eigenvalue weighted by molar-refractivity contribution is 6.04.